The topological polar surface area (TPSA) is 83.8 Å². The van der Waals surface area contributed by atoms with E-state index < -0.39 is 16.6 Å². The van der Waals surface area contributed by atoms with Gasteiger partial charge in [0.1, 0.15) is 11.7 Å². The first-order chi connectivity index (χ1) is 12.6. The van der Waals surface area contributed by atoms with Crippen molar-refractivity contribution in [3.8, 4) is 0 Å². The largest absolute Gasteiger partial charge is 0.463 e. The predicted octanol–water partition coefficient (Wildman–Crippen LogP) is 3.01. The summed E-state index contributed by atoms with van der Waals surface area (Å²) in [4.78, 5) is 23.1. The van der Waals surface area contributed by atoms with Crippen LogP contribution in [0, 0.1) is 28.6 Å². The molecule has 5 nitrogen and oxygen atoms in total. The monoisotopic (exact) mass is 378 g/mol. The molecule has 0 aromatic rings. The van der Waals surface area contributed by atoms with E-state index in [1.165, 1.54) is 6.92 Å². The number of hydrogen-bond donors (Lipinski definition) is 2. The summed E-state index contributed by atoms with van der Waals surface area (Å²) in [5.74, 6) is 0.855. The fraction of sp³-hybridized carbons (Fsp3) is 0.909. The Hall–Kier alpha value is -0.940. The first-order valence-corrected chi connectivity index (χ1v) is 10.7. The maximum Gasteiger partial charge on any atom is 0.302 e. The molecule has 4 fully saturated rings. The molecule has 2 N–H and O–H groups in total. The molecule has 4 saturated carbocycles. The van der Waals surface area contributed by atoms with Gasteiger partial charge in [0, 0.05) is 12.3 Å². The lowest BCUT2D eigenvalue weighted by molar-refractivity contribution is -0.231. The molecule has 4 aliphatic carbocycles. The second-order valence-corrected chi connectivity index (χ2v) is 10.3. The van der Waals surface area contributed by atoms with Crippen molar-refractivity contribution in [2.45, 2.75) is 95.9 Å². The van der Waals surface area contributed by atoms with Crippen molar-refractivity contribution in [3.05, 3.63) is 0 Å². The van der Waals surface area contributed by atoms with Crippen molar-refractivity contribution in [2.75, 3.05) is 0 Å². The summed E-state index contributed by atoms with van der Waals surface area (Å²) in [5, 5.41) is 22.8. The van der Waals surface area contributed by atoms with Gasteiger partial charge in [-0.1, -0.05) is 13.8 Å². The number of carbonyl (C=O) groups is 2. The van der Waals surface area contributed by atoms with Gasteiger partial charge in [-0.25, -0.2) is 0 Å². The van der Waals surface area contributed by atoms with E-state index in [0.717, 1.165) is 38.5 Å². The molecule has 0 aromatic carbocycles. The Balaban J connectivity index is 1.61. The van der Waals surface area contributed by atoms with E-state index in [1.807, 2.05) is 6.92 Å². The first-order valence-electron chi connectivity index (χ1n) is 10.7. The smallest absolute Gasteiger partial charge is 0.302 e. The highest BCUT2D eigenvalue weighted by molar-refractivity contribution is 5.66. The van der Waals surface area contributed by atoms with Gasteiger partial charge in [-0.05, 0) is 81.0 Å². The minimum atomic E-state index is -1.41. The van der Waals surface area contributed by atoms with Crippen LogP contribution in [0.1, 0.15) is 78.6 Å². The standard InChI is InChI=1S/C22H34O5/c1-14(24)27-16-6-8-19(2)15(12-16)4-5-18-17(19)7-9-20(3)21(25,13-23)10-11-22(18,20)26/h13,15-18,25-26H,4-12H2,1-3H3/t15?,16?,17-,18-,19+,20-,21?,22-/m1/s1. The highest BCUT2D eigenvalue weighted by atomic mass is 16.5. The van der Waals surface area contributed by atoms with Crippen molar-refractivity contribution in [1.82, 2.24) is 0 Å². The van der Waals surface area contributed by atoms with Crippen LogP contribution in [-0.2, 0) is 14.3 Å². The summed E-state index contributed by atoms with van der Waals surface area (Å²) < 4.78 is 5.51. The maximum atomic E-state index is 11.8. The molecule has 0 aliphatic heterocycles. The minimum absolute atomic E-state index is 0.0284. The summed E-state index contributed by atoms with van der Waals surface area (Å²) in [6, 6.07) is 0. The highest BCUT2D eigenvalue weighted by Crippen LogP contribution is 2.69. The van der Waals surface area contributed by atoms with Crippen molar-refractivity contribution < 1.29 is 24.5 Å². The van der Waals surface area contributed by atoms with Gasteiger partial charge in [-0.15, -0.1) is 0 Å². The zero-order valence-corrected chi connectivity index (χ0v) is 16.9. The average molecular weight is 379 g/mol. The minimum Gasteiger partial charge on any atom is -0.463 e. The fourth-order valence-electron chi connectivity index (χ4n) is 7.77. The molecule has 0 radical (unpaired) electrons. The number of carbonyl (C=O) groups excluding carboxylic acids is 2. The van der Waals surface area contributed by atoms with Gasteiger partial charge in [-0.2, -0.15) is 0 Å². The van der Waals surface area contributed by atoms with E-state index in [2.05, 4.69) is 6.92 Å². The summed E-state index contributed by atoms with van der Waals surface area (Å²) in [5.41, 5.74) is -2.98. The van der Waals surface area contributed by atoms with Crippen LogP contribution in [0.2, 0.25) is 0 Å². The van der Waals surface area contributed by atoms with Crippen LogP contribution in [0.25, 0.3) is 0 Å². The normalized spacial score (nSPS) is 54.4. The maximum absolute atomic E-state index is 11.8. The van der Waals surface area contributed by atoms with Crippen LogP contribution >= 0.6 is 0 Å². The van der Waals surface area contributed by atoms with E-state index in [0.29, 0.717) is 37.4 Å². The van der Waals surface area contributed by atoms with Gasteiger partial charge in [0.25, 0.3) is 0 Å². The molecule has 27 heavy (non-hydrogen) atoms. The number of fused-ring (bicyclic) bond motifs is 5. The molecule has 152 valence electrons. The van der Waals surface area contributed by atoms with E-state index >= 15 is 0 Å². The zero-order chi connectivity index (χ0) is 19.7. The zero-order valence-electron chi connectivity index (χ0n) is 16.9. The Kier molecular flexibility index (Phi) is 4.33. The Morgan fingerprint density at radius 3 is 2.41 bits per heavy atom. The predicted molar refractivity (Wildman–Crippen MR) is 99.8 cm³/mol. The molecular weight excluding hydrogens is 344 g/mol. The molecule has 0 spiro atoms. The van der Waals surface area contributed by atoms with Crippen LogP contribution in [0.15, 0.2) is 0 Å². The number of hydrogen-bond acceptors (Lipinski definition) is 5. The second-order valence-electron chi connectivity index (χ2n) is 10.3. The van der Waals surface area contributed by atoms with Gasteiger partial charge >= 0.3 is 5.97 Å². The van der Waals surface area contributed by atoms with E-state index in [-0.39, 0.29) is 23.4 Å². The molecule has 0 amide bonds. The van der Waals surface area contributed by atoms with Gasteiger partial charge < -0.3 is 19.7 Å². The van der Waals surface area contributed by atoms with Crippen molar-refractivity contribution in [1.29, 1.82) is 0 Å². The van der Waals surface area contributed by atoms with E-state index in [4.69, 9.17) is 4.74 Å². The quantitative estimate of drug-likeness (QED) is 0.570. The third-order valence-corrected chi connectivity index (χ3v) is 9.54. The molecule has 0 aromatic heterocycles. The number of aldehydes is 1. The Morgan fingerprint density at radius 2 is 1.74 bits per heavy atom. The molecule has 4 aliphatic rings. The molecule has 3 unspecified atom stereocenters. The number of rotatable bonds is 2. The van der Waals surface area contributed by atoms with E-state index in [9.17, 15) is 19.8 Å². The van der Waals surface area contributed by atoms with Gasteiger partial charge in [0.05, 0.1) is 5.60 Å². The molecule has 0 bridgehead atoms. The Morgan fingerprint density at radius 1 is 1.00 bits per heavy atom. The number of esters is 1. The molecule has 8 atom stereocenters. The van der Waals surface area contributed by atoms with Crippen molar-refractivity contribution in [2.24, 2.45) is 28.6 Å². The summed E-state index contributed by atoms with van der Waals surface area (Å²) in [6.45, 7) is 5.78. The van der Waals surface area contributed by atoms with Gasteiger partial charge in [0.2, 0.25) is 0 Å². The molecule has 0 heterocycles. The summed E-state index contributed by atoms with van der Waals surface area (Å²) >= 11 is 0. The summed E-state index contributed by atoms with van der Waals surface area (Å²) in [6.07, 6.45) is 8.01. The van der Waals surface area contributed by atoms with Crippen LogP contribution in [0.3, 0.4) is 0 Å². The lowest BCUT2D eigenvalue weighted by Gasteiger charge is -2.64. The molecule has 0 saturated heterocycles. The van der Waals surface area contributed by atoms with Crippen LogP contribution in [0.5, 0.6) is 0 Å². The SMILES string of the molecule is CC(=O)OC1CC[C@@]2(C)C(CC[C@@H]3[C@H]2CC[C@]2(C)C(O)(C=O)CC[C@@]32O)C1. The van der Waals surface area contributed by atoms with Gasteiger partial charge in [0.15, 0.2) is 6.29 Å². The fourth-order valence-corrected chi connectivity index (χ4v) is 7.77. The highest BCUT2D eigenvalue weighted by Gasteiger charge is 2.71. The van der Waals surface area contributed by atoms with Crippen LogP contribution in [0.4, 0.5) is 0 Å². The van der Waals surface area contributed by atoms with Crippen molar-refractivity contribution in [3.63, 3.8) is 0 Å². The Labute approximate surface area is 161 Å². The molecule has 5 heteroatoms. The van der Waals surface area contributed by atoms with E-state index in [1.54, 1.807) is 0 Å². The van der Waals surface area contributed by atoms with Crippen LogP contribution < -0.4 is 0 Å². The summed E-state index contributed by atoms with van der Waals surface area (Å²) in [7, 11) is 0. The van der Waals surface area contributed by atoms with Crippen LogP contribution in [-0.4, -0.2) is 39.8 Å². The number of aliphatic hydroxyl groups is 2. The lowest BCUT2D eigenvalue weighted by Crippen LogP contribution is -2.65. The average Bonchev–Trinajstić information content (AvgIpc) is 2.83. The van der Waals surface area contributed by atoms with Crippen molar-refractivity contribution >= 4 is 12.3 Å². The number of ether oxygens (including phenoxy) is 1. The lowest BCUT2D eigenvalue weighted by atomic mass is 9.43. The first kappa shape index (κ1) is 19.4. The third kappa shape index (κ3) is 2.43. The third-order valence-electron chi connectivity index (χ3n) is 9.54. The molecular formula is C22H34O5. The van der Waals surface area contributed by atoms with Gasteiger partial charge in [-0.3, -0.25) is 4.79 Å². The Bertz CT molecular complexity index is 649. The molecule has 4 rings (SSSR count). The second kappa shape index (κ2) is 6.03.